The number of carbonyl (C=O) groups is 1. The van der Waals surface area contributed by atoms with E-state index in [9.17, 15) is 18.0 Å². The van der Waals surface area contributed by atoms with Crippen LogP contribution in [0, 0.1) is 17.5 Å². The molecule has 0 bridgehead atoms. The topological polar surface area (TPSA) is 75.9 Å². The van der Waals surface area contributed by atoms with Crippen molar-refractivity contribution in [2.24, 2.45) is 0 Å². The molecule has 1 aromatic carbocycles. The maximum atomic E-state index is 13.9. The first-order valence-corrected chi connectivity index (χ1v) is 8.51. The molecule has 10 heteroatoms. The highest BCUT2D eigenvalue weighted by Crippen LogP contribution is 2.20. The molecule has 0 spiro atoms. The lowest BCUT2D eigenvalue weighted by molar-refractivity contribution is 0.0700. The Morgan fingerprint density at radius 1 is 1.04 bits per heavy atom. The molecule has 1 aliphatic heterocycles. The molecule has 0 fully saturated rings. The largest absolute Gasteiger partial charge is 0.348 e. The fourth-order valence-corrected chi connectivity index (χ4v) is 3.00. The van der Waals surface area contributed by atoms with Crippen molar-refractivity contribution in [1.29, 1.82) is 0 Å². The SMILES string of the molecule is O=C(c1cc(F)c(F)cc1F)N1CCn2nc(CNc3ncccn3)cc2C1. The third-order valence-corrected chi connectivity index (χ3v) is 4.37. The van der Waals surface area contributed by atoms with Crippen LogP contribution in [-0.2, 0) is 19.6 Å². The first-order valence-electron chi connectivity index (χ1n) is 8.51. The normalized spacial score (nSPS) is 13.3. The number of hydrogen-bond donors (Lipinski definition) is 1. The minimum atomic E-state index is -1.33. The summed E-state index contributed by atoms with van der Waals surface area (Å²) in [6.45, 7) is 1.27. The Morgan fingerprint density at radius 3 is 2.57 bits per heavy atom. The third-order valence-electron chi connectivity index (χ3n) is 4.37. The minimum absolute atomic E-state index is 0.187. The highest BCUT2D eigenvalue weighted by molar-refractivity contribution is 5.94. The van der Waals surface area contributed by atoms with Gasteiger partial charge in [0.25, 0.3) is 5.91 Å². The van der Waals surface area contributed by atoms with Crippen molar-refractivity contribution < 1.29 is 18.0 Å². The van der Waals surface area contributed by atoms with Crippen molar-refractivity contribution in [1.82, 2.24) is 24.6 Å². The molecular formula is C18H15F3N6O. The van der Waals surface area contributed by atoms with Gasteiger partial charge in [-0.2, -0.15) is 5.10 Å². The van der Waals surface area contributed by atoms with E-state index in [1.807, 2.05) is 6.07 Å². The number of halogens is 3. The number of nitrogens with zero attached hydrogens (tertiary/aromatic N) is 5. The summed E-state index contributed by atoms with van der Waals surface area (Å²) in [5, 5.41) is 7.50. The predicted molar refractivity (Wildman–Crippen MR) is 92.6 cm³/mol. The number of hydrogen-bond acceptors (Lipinski definition) is 5. The number of carbonyl (C=O) groups excluding carboxylic acids is 1. The lowest BCUT2D eigenvalue weighted by atomic mass is 10.1. The molecule has 0 aliphatic carbocycles. The van der Waals surface area contributed by atoms with Gasteiger partial charge in [0.1, 0.15) is 5.82 Å². The van der Waals surface area contributed by atoms with E-state index in [0.29, 0.717) is 31.2 Å². The monoisotopic (exact) mass is 388 g/mol. The average molecular weight is 388 g/mol. The summed E-state index contributed by atoms with van der Waals surface area (Å²) in [6, 6.07) is 4.50. The molecule has 0 atom stereocenters. The van der Waals surface area contributed by atoms with Crippen LogP contribution in [0.3, 0.4) is 0 Å². The van der Waals surface area contributed by atoms with Gasteiger partial charge in [0.15, 0.2) is 11.6 Å². The van der Waals surface area contributed by atoms with E-state index in [2.05, 4.69) is 20.4 Å². The van der Waals surface area contributed by atoms with E-state index in [4.69, 9.17) is 0 Å². The zero-order valence-corrected chi connectivity index (χ0v) is 14.6. The molecule has 144 valence electrons. The molecule has 4 rings (SSSR count). The van der Waals surface area contributed by atoms with Gasteiger partial charge < -0.3 is 10.2 Å². The van der Waals surface area contributed by atoms with Gasteiger partial charge in [0.05, 0.1) is 36.6 Å². The molecule has 1 N–H and O–H groups in total. The smallest absolute Gasteiger partial charge is 0.257 e. The summed E-state index contributed by atoms with van der Waals surface area (Å²) < 4.78 is 42.2. The molecule has 0 radical (unpaired) electrons. The molecule has 28 heavy (non-hydrogen) atoms. The van der Waals surface area contributed by atoms with Crippen molar-refractivity contribution in [3.63, 3.8) is 0 Å². The molecule has 3 aromatic rings. The summed E-state index contributed by atoms with van der Waals surface area (Å²) in [5.41, 5.74) is 0.999. The summed E-state index contributed by atoms with van der Waals surface area (Å²) in [5.74, 6) is -3.90. The lowest BCUT2D eigenvalue weighted by Gasteiger charge is -2.27. The van der Waals surface area contributed by atoms with Crippen LogP contribution in [0.1, 0.15) is 21.7 Å². The summed E-state index contributed by atoms with van der Waals surface area (Å²) in [4.78, 5) is 22.1. The van der Waals surface area contributed by atoms with Crippen molar-refractivity contribution in [3.8, 4) is 0 Å². The number of anilines is 1. The van der Waals surface area contributed by atoms with E-state index in [-0.39, 0.29) is 13.1 Å². The van der Waals surface area contributed by atoms with Gasteiger partial charge >= 0.3 is 0 Å². The Balaban J connectivity index is 1.47. The van der Waals surface area contributed by atoms with E-state index in [1.165, 1.54) is 4.90 Å². The number of amides is 1. The molecule has 1 amide bonds. The molecule has 3 heterocycles. The first-order chi connectivity index (χ1) is 13.5. The second-order valence-corrected chi connectivity index (χ2v) is 6.25. The Morgan fingerprint density at radius 2 is 1.79 bits per heavy atom. The first kappa shape index (κ1) is 18.0. The van der Waals surface area contributed by atoms with Crippen LogP contribution in [0.2, 0.25) is 0 Å². The molecule has 0 saturated carbocycles. The van der Waals surface area contributed by atoms with Gasteiger partial charge in [0, 0.05) is 25.0 Å². The summed E-state index contributed by atoms with van der Waals surface area (Å²) in [6.07, 6.45) is 3.24. The molecule has 1 aliphatic rings. The van der Waals surface area contributed by atoms with E-state index in [0.717, 1.165) is 11.4 Å². The van der Waals surface area contributed by atoms with Crippen LogP contribution in [0.25, 0.3) is 0 Å². The van der Waals surface area contributed by atoms with E-state index >= 15 is 0 Å². The number of fused-ring (bicyclic) bond motifs is 1. The van der Waals surface area contributed by atoms with Gasteiger partial charge in [-0.1, -0.05) is 0 Å². The van der Waals surface area contributed by atoms with E-state index < -0.39 is 28.9 Å². The minimum Gasteiger partial charge on any atom is -0.348 e. The molecule has 7 nitrogen and oxygen atoms in total. The fraction of sp³-hybridized carbons (Fsp3) is 0.222. The highest BCUT2D eigenvalue weighted by atomic mass is 19.2. The molecule has 2 aromatic heterocycles. The second-order valence-electron chi connectivity index (χ2n) is 6.25. The Labute approximate surface area is 157 Å². The van der Waals surface area contributed by atoms with Crippen LogP contribution in [0.4, 0.5) is 19.1 Å². The Kier molecular flexibility index (Phi) is 4.68. The van der Waals surface area contributed by atoms with Gasteiger partial charge in [-0.3, -0.25) is 9.48 Å². The van der Waals surface area contributed by atoms with Gasteiger partial charge in [-0.25, -0.2) is 23.1 Å². The third kappa shape index (κ3) is 3.53. The number of benzene rings is 1. The number of rotatable bonds is 4. The van der Waals surface area contributed by atoms with Crippen LogP contribution in [0.15, 0.2) is 36.7 Å². The fourth-order valence-electron chi connectivity index (χ4n) is 3.00. The van der Waals surface area contributed by atoms with E-state index in [1.54, 1.807) is 23.1 Å². The van der Waals surface area contributed by atoms with Gasteiger partial charge in [0.2, 0.25) is 5.95 Å². The van der Waals surface area contributed by atoms with Crippen LogP contribution >= 0.6 is 0 Å². The van der Waals surface area contributed by atoms with Gasteiger partial charge in [-0.05, 0) is 18.2 Å². The number of nitrogens with one attached hydrogen (secondary N) is 1. The van der Waals surface area contributed by atoms with Gasteiger partial charge in [-0.15, -0.1) is 0 Å². The molecule has 0 unspecified atom stereocenters. The Hall–Kier alpha value is -3.43. The zero-order valence-electron chi connectivity index (χ0n) is 14.6. The standard InChI is InChI=1S/C18H15F3N6O/c19-14-8-16(21)15(20)7-13(14)17(28)26-4-5-27-12(10-26)6-11(25-27)9-24-18-22-2-1-3-23-18/h1-3,6-8H,4-5,9-10H2,(H,22,23,24). The maximum absolute atomic E-state index is 13.9. The summed E-state index contributed by atoms with van der Waals surface area (Å²) >= 11 is 0. The quantitative estimate of drug-likeness (QED) is 0.695. The van der Waals surface area contributed by atoms with Crippen LogP contribution in [-0.4, -0.2) is 37.1 Å². The lowest BCUT2D eigenvalue weighted by Crippen LogP contribution is -2.38. The van der Waals surface area contributed by atoms with Crippen LogP contribution in [0.5, 0.6) is 0 Å². The number of aromatic nitrogens is 4. The highest BCUT2D eigenvalue weighted by Gasteiger charge is 2.26. The second kappa shape index (κ2) is 7.29. The molecule has 0 saturated heterocycles. The van der Waals surface area contributed by atoms with Crippen LogP contribution < -0.4 is 5.32 Å². The summed E-state index contributed by atoms with van der Waals surface area (Å²) in [7, 11) is 0. The maximum Gasteiger partial charge on any atom is 0.257 e. The average Bonchev–Trinajstić information content (AvgIpc) is 3.11. The predicted octanol–water partition coefficient (Wildman–Crippen LogP) is 2.36. The Bertz CT molecular complexity index is 1020. The van der Waals surface area contributed by atoms with Crippen molar-refractivity contribution in [2.45, 2.75) is 19.6 Å². The van der Waals surface area contributed by atoms with Crippen molar-refractivity contribution >= 4 is 11.9 Å². The molecular weight excluding hydrogens is 373 g/mol. The van der Waals surface area contributed by atoms with Crippen molar-refractivity contribution in [2.75, 3.05) is 11.9 Å². The zero-order chi connectivity index (χ0) is 19.7. The van der Waals surface area contributed by atoms with Crippen molar-refractivity contribution in [3.05, 3.63) is 71.1 Å².